The first-order chi connectivity index (χ1) is 11.2. The van der Waals surface area contributed by atoms with Gasteiger partial charge >= 0.3 is 5.25 Å². The maximum absolute atomic E-state index is 14.2. The third-order valence-corrected chi connectivity index (χ3v) is 9.73. The molecule has 6 nitrogen and oxygen atoms in total. The van der Waals surface area contributed by atoms with Crippen LogP contribution in [-0.4, -0.2) is 49.9 Å². The monoisotopic (exact) mass is 400 g/mol. The van der Waals surface area contributed by atoms with E-state index >= 15 is 0 Å². The Morgan fingerprint density at radius 3 is 2.08 bits per heavy atom. The molecule has 4 aliphatic carbocycles. The predicted octanol–water partition coefficient (Wildman–Crippen LogP) is 1.29. The van der Waals surface area contributed by atoms with Gasteiger partial charge in [0.2, 0.25) is 15.6 Å². The molecular formula is C15H22F2O6S2. The van der Waals surface area contributed by atoms with E-state index in [4.69, 9.17) is 0 Å². The third kappa shape index (κ3) is 3.49. The number of hydrogen-bond donors (Lipinski definition) is 1. The Hall–Kier alpha value is -0.610. The van der Waals surface area contributed by atoms with Crippen LogP contribution in [0.15, 0.2) is 0 Å². The first-order valence-electron chi connectivity index (χ1n) is 8.19. The van der Waals surface area contributed by atoms with Crippen LogP contribution < -0.4 is 0 Å². The summed E-state index contributed by atoms with van der Waals surface area (Å²) in [5.74, 6) is -1.43. The van der Waals surface area contributed by atoms with Crippen molar-refractivity contribution in [1.29, 1.82) is 0 Å². The van der Waals surface area contributed by atoms with E-state index in [2.05, 4.69) is 0 Å². The number of hydrogen-bond acceptors (Lipinski definition) is 6. The fourth-order valence-electron chi connectivity index (χ4n) is 5.58. The van der Waals surface area contributed by atoms with Crippen molar-refractivity contribution in [1.82, 2.24) is 0 Å². The largest absolute Gasteiger partial charge is 0.403 e. The average molecular weight is 400 g/mol. The molecule has 4 aliphatic rings. The topological polar surface area (TPSA) is 106 Å². The zero-order valence-corrected chi connectivity index (χ0v) is 15.5. The highest BCUT2D eigenvalue weighted by Gasteiger charge is 2.61. The Labute approximate surface area is 145 Å². The van der Waals surface area contributed by atoms with Crippen LogP contribution in [0.4, 0.5) is 8.78 Å². The highest BCUT2D eigenvalue weighted by Crippen LogP contribution is 2.63. The number of ketones is 1. The molecule has 4 rings (SSSR count). The Bertz CT molecular complexity index is 788. The number of carbonyl (C=O) groups excluding carboxylic acids is 1. The van der Waals surface area contributed by atoms with E-state index in [1.165, 1.54) is 0 Å². The maximum Gasteiger partial charge on any atom is 0.403 e. The fourth-order valence-corrected chi connectivity index (χ4v) is 8.85. The highest BCUT2D eigenvalue weighted by molar-refractivity contribution is 8.08. The van der Waals surface area contributed by atoms with E-state index in [0.29, 0.717) is 31.9 Å². The fraction of sp³-hybridized carbons (Fsp3) is 0.933. The molecule has 0 aromatic rings. The van der Waals surface area contributed by atoms with Crippen molar-refractivity contribution >= 4 is 25.5 Å². The first kappa shape index (κ1) is 19.2. The molecule has 2 atom stereocenters. The van der Waals surface area contributed by atoms with Gasteiger partial charge < -0.3 is 5.11 Å². The molecule has 1 N–H and O–H groups in total. The second-order valence-corrected chi connectivity index (χ2v) is 13.0. The molecular weight excluding hydrogens is 378 g/mol. The number of sulfone groups is 2. The molecule has 144 valence electrons. The van der Waals surface area contributed by atoms with Crippen molar-refractivity contribution in [2.75, 3.05) is 11.3 Å². The standard InChI is InChI=1S/C15H22F2O6S2/c1-24(20,21)9-25(22,23)15(16,17)12(18)7-13-3-10-2-11(4-13)6-14(19,5-10)8-13/h10-11,19H,2-9H2,1H3. The van der Waals surface area contributed by atoms with Gasteiger partial charge in [0.1, 0.15) is 0 Å². The number of halogens is 2. The second-order valence-electron chi connectivity index (χ2n) is 8.46. The zero-order chi connectivity index (χ0) is 18.9. The summed E-state index contributed by atoms with van der Waals surface area (Å²) in [6.07, 6.45) is 3.27. The van der Waals surface area contributed by atoms with Gasteiger partial charge in [-0.25, -0.2) is 16.8 Å². The van der Waals surface area contributed by atoms with Crippen LogP contribution in [0.2, 0.25) is 0 Å². The molecule has 0 heterocycles. The predicted molar refractivity (Wildman–Crippen MR) is 85.3 cm³/mol. The number of Topliss-reactive ketones (excluding diaryl/α,β-unsaturated/α-hetero) is 1. The van der Waals surface area contributed by atoms with Crippen molar-refractivity contribution in [2.45, 2.75) is 55.8 Å². The van der Waals surface area contributed by atoms with Gasteiger partial charge in [0.05, 0.1) is 5.60 Å². The lowest BCUT2D eigenvalue weighted by molar-refractivity contribution is -0.172. The molecule has 25 heavy (non-hydrogen) atoms. The Kier molecular flexibility index (Phi) is 4.18. The van der Waals surface area contributed by atoms with Gasteiger partial charge in [-0.1, -0.05) is 0 Å². The molecule has 0 radical (unpaired) electrons. The summed E-state index contributed by atoms with van der Waals surface area (Å²) in [5, 5.41) is 4.10. The zero-order valence-electron chi connectivity index (χ0n) is 13.9. The van der Waals surface area contributed by atoms with Crippen molar-refractivity contribution in [3.63, 3.8) is 0 Å². The summed E-state index contributed by atoms with van der Waals surface area (Å²) in [6.45, 7) is 0. The van der Waals surface area contributed by atoms with Crippen LogP contribution >= 0.6 is 0 Å². The second kappa shape index (κ2) is 5.45. The van der Waals surface area contributed by atoms with Crippen LogP contribution in [0.25, 0.3) is 0 Å². The van der Waals surface area contributed by atoms with Crippen LogP contribution in [0, 0.1) is 17.3 Å². The third-order valence-electron chi connectivity index (χ3n) is 5.77. The van der Waals surface area contributed by atoms with Gasteiger partial charge in [-0.15, -0.1) is 0 Å². The summed E-state index contributed by atoms with van der Waals surface area (Å²) < 4.78 is 74.2. The first-order valence-corrected chi connectivity index (χ1v) is 11.9. The number of rotatable bonds is 6. The van der Waals surface area contributed by atoms with Crippen molar-refractivity contribution in [2.24, 2.45) is 17.3 Å². The van der Waals surface area contributed by atoms with Gasteiger partial charge in [0.15, 0.2) is 14.9 Å². The van der Waals surface area contributed by atoms with Crippen LogP contribution in [0.5, 0.6) is 0 Å². The molecule has 0 amide bonds. The summed E-state index contributed by atoms with van der Waals surface area (Å²) >= 11 is 0. The Morgan fingerprint density at radius 1 is 1.12 bits per heavy atom. The molecule has 4 bridgehead atoms. The van der Waals surface area contributed by atoms with Crippen LogP contribution in [0.1, 0.15) is 44.9 Å². The summed E-state index contributed by atoms with van der Waals surface area (Å²) in [7, 11) is -9.67. The van der Waals surface area contributed by atoms with Gasteiger partial charge in [-0.3, -0.25) is 4.79 Å². The van der Waals surface area contributed by atoms with E-state index in [-0.39, 0.29) is 18.3 Å². The molecule has 4 fully saturated rings. The lowest BCUT2D eigenvalue weighted by Gasteiger charge is -2.60. The minimum Gasteiger partial charge on any atom is -0.390 e. The van der Waals surface area contributed by atoms with Crippen molar-refractivity contribution in [3.05, 3.63) is 0 Å². The number of alkyl halides is 2. The maximum atomic E-state index is 14.2. The smallest absolute Gasteiger partial charge is 0.390 e. The van der Waals surface area contributed by atoms with Crippen LogP contribution in [0.3, 0.4) is 0 Å². The van der Waals surface area contributed by atoms with E-state index in [1.807, 2.05) is 0 Å². The minimum atomic E-state index is -5.45. The Morgan fingerprint density at radius 2 is 1.64 bits per heavy atom. The normalized spacial score (nSPS) is 38.1. The lowest BCUT2D eigenvalue weighted by atomic mass is 9.47. The van der Waals surface area contributed by atoms with E-state index in [1.54, 1.807) is 0 Å². The minimum absolute atomic E-state index is 0.167. The van der Waals surface area contributed by atoms with Gasteiger partial charge in [0, 0.05) is 12.7 Å². The summed E-state index contributed by atoms with van der Waals surface area (Å²) in [6, 6.07) is 0. The number of carbonyl (C=O) groups is 1. The molecule has 10 heteroatoms. The highest BCUT2D eigenvalue weighted by atomic mass is 32.3. The molecule has 2 unspecified atom stereocenters. The SMILES string of the molecule is CS(=O)(=O)CS(=O)(=O)C(F)(F)C(=O)CC12CC3CC(CC(O)(C3)C1)C2. The van der Waals surface area contributed by atoms with E-state index in [0.717, 1.165) is 6.42 Å². The van der Waals surface area contributed by atoms with E-state index in [9.17, 15) is 35.5 Å². The van der Waals surface area contributed by atoms with Gasteiger partial charge in [-0.2, -0.15) is 8.78 Å². The average Bonchev–Trinajstić information content (AvgIpc) is 2.31. The summed E-state index contributed by atoms with van der Waals surface area (Å²) in [4.78, 5) is 12.2. The van der Waals surface area contributed by atoms with Crippen LogP contribution in [-0.2, 0) is 24.5 Å². The lowest BCUT2D eigenvalue weighted by Crippen LogP contribution is -2.57. The molecule has 4 saturated carbocycles. The molecule has 0 aliphatic heterocycles. The van der Waals surface area contributed by atoms with Crippen molar-refractivity contribution < 1.29 is 35.5 Å². The van der Waals surface area contributed by atoms with E-state index < -0.39 is 53.2 Å². The molecule has 0 saturated heterocycles. The summed E-state index contributed by atoms with van der Waals surface area (Å²) in [5.41, 5.74) is -1.76. The molecule has 0 spiro atoms. The Balaban J connectivity index is 1.82. The van der Waals surface area contributed by atoms with Gasteiger partial charge in [0.25, 0.3) is 0 Å². The quantitative estimate of drug-likeness (QED) is 0.720. The van der Waals surface area contributed by atoms with Crippen molar-refractivity contribution in [3.8, 4) is 0 Å². The molecule has 0 aromatic heterocycles. The molecule has 0 aromatic carbocycles. The van der Waals surface area contributed by atoms with Gasteiger partial charge in [-0.05, 0) is 55.8 Å². The number of aliphatic hydroxyl groups is 1.